The Hall–Kier alpha value is -0.960. The molecule has 0 saturated carbocycles. The van der Waals surface area contributed by atoms with Gasteiger partial charge in [0.1, 0.15) is 12.5 Å². The maximum atomic E-state index is 12.6. The van der Waals surface area contributed by atoms with Gasteiger partial charge in [0.05, 0.1) is 0 Å². The minimum absolute atomic E-state index is 0.0238. The highest BCUT2D eigenvalue weighted by Gasteiger charge is 2.05. The van der Waals surface area contributed by atoms with Crippen molar-refractivity contribution >= 4 is 16.8 Å². The van der Waals surface area contributed by atoms with E-state index in [4.69, 9.17) is 11.6 Å². The summed E-state index contributed by atoms with van der Waals surface area (Å²) in [6.07, 6.45) is 0. The molecule has 0 saturated heterocycles. The molecule has 0 aliphatic heterocycles. The van der Waals surface area contributed by atoms with E-state index in [1.807, 2.05) is 0 Å². The molecule has 0 heterocycles. The molecule has 0 amide bonds. The highest BCUT2D eigenvalue weighted by Crippen LogP contribution is 2.12. The van der Waals surface area contributed by atoms with Gasteiger partial charge in [-0.2, -0.15) is 0 Å². The lowest BCUT2D eigenvalue weighted by Gasteiger charge is -1.97. The molecule has 0 unspecified atom stereocenters. The fraction of sp³-hybridized carbons (Fsp3) is 0.125. The van der Waals surface area contributed by atoms with Crippen molar-refractivity contribution in [1.82, 2.24) is 0 Å². The first-order chi connectivity index (χ1) is 5.63. The van der Waals surface area contributed by atoms with Crippen LogP contribution < -0.4 is 0 Å². The normalized spacial score (nSPS) is 9.92. The van der Waals surface area contributed by atoms with Crippen molar-refractivity contribution in [3.8, 4) is 0 Å². The zero-order chi connectivity index (χ0) is 9.14. The van der Waals surface area contributed by atoms with E-state index in [2.05, 4.69) is 0 Å². The third-order valence-electron chi connectivity index (χ3n) is 1.34. The lowest BCUT2D eigenvalue weighted by Crippen LogP contribution is -1.92. The van der Waals surface area contributed by atoms with Crippen molar-refractivity contribution in [2.45, 2.75) is 6.67 Å². The molecular formula is C8H5ClF2O. The number of hydrogen-bond acceptors (Lipinski definition) is 1. The number of rotatable bonds is 2. The molecule has 1 aromatic carbocycles. The smallest absolute Gasteiger partial charge is 0.252 e. The van der Waals surface area contributed by atoms with Crippen molar-refractivity contribution in [2.75, 3.05) is 0 Å². The van der Waals surface area contributed by atoms with Crippen LogP contribution in [0.5, 0.6) is 0 Å². The molecule has 0 spiro atoms. The van der Waals surface area contributed by atoms with Gasteiger partial charge < -0.3 is 0 Å². The largest absolute Gasteiger partial charge is 0.276 e. The van der Waals surface area contributed by atoms with Crippen molar-refractivity contribution in [3.63, 3.8) is 0 Å². The van der Waals surface area contributed by atoms with Gasteiger partial charge in [-0.25, -0.2) is 8.78 Å². The van der Waals surface area contributed by atoms with Crippen LogP contribution in [0.2, 0.25) is 0 Å². The van der Waals surface area contributed by atoms with E-state index in [0.717, 1.165) is 12.1 Å². The molecule has 1 rings (SSSR count). The summed E-state index contributed by atoms with van der Waals surface area (Å²) >= 11 is 5.08. The van der Waals surface area contributed by atoms with Crippen LogP contribution in [0.3, 0.4) is 0 Å². The molecule has 1 aromatic rings. The molecular weight excluding hydrogens is 186 g/mol. The summed E-state index contributed by atoms with van der Waals surface area (Å²) in [6.45, 7) is -0.811. The predicted octanol–water partition coefficient (Wildman–Crippen LogP) is 2.67. The molecule has 0 bridgehead atoms. The Morgan fingerprint density at radius 1 is 1.42 bits per heavy atom. The SMILES string of the molecule is O=C(Cl)c1cc(F)cc(CF)c1. The molecule has 0 fully saturated rings. The summed E-state index contributed by atoms with van der Waals surface area (Å²) in [7, 11) is 0. The van der Waals surface area contributed by atoms with Crippen LogP contribution in [0.15, 0.2) is 18.2 Å². The van der Waals surface area contributed by atoms with Gasteiger partial charge in [-0.15, -0.1) is 0 Å². The number of benzene rings is 1. The maximum absolute atomic E-state index is 12.6. The van der Waals surface area contributed by atoms with Crippen LogP contribution in [0, 0.1) is 5.82 Å². The van der Waals surface area contributed by atoms with E-state index in [1.165, 1.54) is 6.07 Å². The fourth-order valence-corrected chi connectivity index (χ4v) is 0.950. The molecule has 0 radical (unpaired) electrons. The van der Waals surface area contributed by atoms with Crippen LogP contribution >= 0.6 is 11.6 Å². The van der Waals surface area contributed by atoms with Crippen molar-refractivity contribution in [2.24, 2.45) is 0 Å². The zero-order valence-corrected chi connectivity index (χ0v) is 6.74. The number of hydrogen-bond donors (Lipinski definition) is 0. The minimum atomic E-state index is -0.811. The van der Waals surface area contributed by atoms with Crippen molar-refractivity contribution < 1.29 is 13.6 Å². The van der Waals surface area contributed by atoms with Gasteiger partial charge in [-0.3, -0.25) is 4.79 Å². The zero-order valence-electron chi connectivity index (χ0n) is 5.98. The molecule has 4 heteroatoms. The summed E-state index contributed by atoms with van der Waals surface area (Å²) in [5, 5.41) is -0.788. The molecule has 0 N–H and O–H groups in total. The van der Waals surface area contributed by atoms with Crippen LogP contribution in [-0.4, -0.2) is 5.24 Å². The lowest BCUT2D eigenvalue weighted by molar-refractivity contribution is 0.108. The molecule has 0 aromatic heterocycles. The molecule has 0 aliphatic carbocycles. The molecule has 12 heavy (non-hydrogen) atoms. The van der Waals surface area contributed by atoms with Crippen LogP contribution in [0.1, 0.15) is 15.9 Å². The van der Waals surface area contributed by atoms with E-state index in [0.29, 0.717) is 0 Å². The minimum Gasteiger partial charge on any atom is -0.276 e. The Labute approximate surface area is 73.0 Å². The third kappa shape index (κ3) is 2.01. The number of carbonyl (C=O) groups is 1. The van der Waals surface area contributed by atoms with Crippen molar-refractivity contribution in [1.29, 1.82) is 0 Å². The van der Waals surface area contributed by atoms with E-state index in [-0.39, 0.29) is 11.1 Å². The first-order valence-electron chi connectivity index (χ1n) is 3.18. The fourth-order valence-electron chi connectivity index (χ4n) is 0.841. The van der Waals surface area contributed by atoms with Gasteiger partial charge in [0.25, 0.3) is 5.24 Å². The summed E-state index contributed by atoms with van der Waals surface area (Å²) in [5.74, 6) is -0.658. The Morgan fingerprint density at radius 2 is 2.08 bits per heavy atom. The van der Waals surface area contributed by atoms with Crippen LogP contribution in [0.4, 0.5) is 8.78 Å². The number of carbonyl (C=O) groups excluding carboxylic acids is 1. The first kappa shape index (κ1) is 9.13. The Kier molecular flexibility index (Phi) is 2.76. The maximum Gasteiger partial charge on any atom is 0.252 e. The van der Waals surface area contributed by atoms with Gasteiger partial charge in [0.2, 0.25) is 0 Å². The topological polar surface area (TPSA) is 17.1 Å². The summed E-state index contributed by atoms with van der Waals surface area (Å²) in [6, 6.07) is 3.20. The quantitative estimate of drug-likeness (QED) is 0.656. The Bertz CT molecular complexity index is 312. The van der Waals surface area contributed by atoms with E-state index in [1.54, 1.807) is 0 Å². The highest BCUT2D eigenvalue weighted by atomic mass is 35.5. The summed E-state index contributed by atoms with van der Waals surface area (Å²) in [5.41, 5.74) is 0.0864. The van der Waals surface area contributed by atoms with Gasteiger partial charge in [0, 0.05) is 5.56 Å². The van der Waals surface area contributed by atoms with Gasteiger partial charge in [-0.05, 0) is 35.4 Å². The summed E-state index contributed by atoms with van der Waals surface area (Å²) < 4.78 is 24.6. The lowest BCUT2D eigenvalue weighted by atomic mass is 10.1. The second-order valence-electron chi connectivity index (χ2n) is 2.26. The average molecular weight is 191 g/mol. The first-order valence-corrected chi connectivity index (χ1v) is 3.56. The average Bonchev–Trinajstić information content (AvgIpc) is 2.03. The third-order valence-corrected chi connectivity index (χ3v) is 1.56. The van der Waals surface area contributed by atoms with Crippen LogP contribution in [-0.2, 0) is 6.67 Å². The monoisotopic (exact) mass is 190 g/mol. The number of alkyl halides is 1. The second-order valence-corrected chi connectivity index (χ2v) is 2.60. The molecule has 64 valence electrons. The highest BCUT2D eigenvalue weighted by molar-refractivity contribution is 6.67. The predicted molar refractivity (Wildman–Crippen MR) is 41.4 cm³/mol. The van der Waals surface area contributed by atoms with E-state index < -0.39 is 17.7 Å². The van der Waals surface area contributed by atoms with E-state index in [9.17, 15) is 13.6 Å². The van der Waals surface area contributed by atoms with Gasteiger partial charge in [0.15, 0.2) is 0 Å². The number of halogens is 3. The van der Waals surface area contributed by atoms with Gasteiger partial charge >= 0.3 is 0 Å². The Morgan fingerprint density at radius 3 is 2.58 bits per heavy atom. The standard InChI is InChI=1S/C8H5ClF2O/c9-8(12)6-1-5(4-10)2-7(11)3-6/h1-3H,4H2. The van der Waals surface area contributed by atoms with E-state index >= 15 is 0 Å². The Balaban J connectivity index is 3.15. The molecule has 0 aliphatic rings. The molecule has 0 atom stereocenters. The second kappa shape index (κ2) is 3.63. The van der Waals surface area contributed by atoms with Crippen molar-refractivity contribution in [3.05, 3.63) is 35.1 Å². The van der Waals surface area contributed by atoms with Gasteiger partial charge in [-0.1, -0.05) is 0 Å². The van der Waals surface area contributed by atoms with Crippen LogP contribution in [0.25, 0.3) is 0 Å². The molecule has 1 nitrogen and oxygen atoms in total. The summed E-state index contributed by atoms with van der Waals surface area (Å²) in [4.78, 5) is 10.5.